The summed E-state index contributed by atoms with van der Waals surface area (Å²) in [5.41, 5.74) is 8.95. The molecule has 0 fully saturated rings. The molecule has 0 saturated heterocycles. The van der Waals surface area contributed by atoms with E-state index < -0.39 is 0 Å². The Balaban J connectivity index is 1.91. The number of anilines is 1. The third-order valence-electron chi connectivity index (χ3n) is 2.94. The molecule has 1 aliphatic heterocycles. The van der Waals surface area contributed by atoms with Crippen LogP contribution < -0.4 is 10.5 Å². The lowest BCUT2D eigenvalue weighted by molar-refractivity contribution is 0.239. The Morgan fingerprint density at radius 1 is 1.06 bits per heavy atom. The van der Waals surface area contributed by atoms with Gasteiger partial charge in [0.1, 0.15) is 11.9 Å². The van der Waals surface area contributed by atoms with Gasteiger partial charge in [-0.05, 0) is 17.2 Å². The average Bonchev–Trinajstić information content (AvgIpc) is 2.73. The Morgan fingerprint density at radius 2 is 1.88 bits per heavy atom. The average molecular weight is 211 g/mol. The molecule has 0 aromatic heterocycles. The number of fused-ring (bicyclic) bond motifs is 1. The number of nitrogens with two attached hydrogens (primary N) is 1. The van der Waals surface area contributed by atoms with Crippen LogP contribution in [0.1, 0.15) is 17.2 Å². The molecule has 1 unspecified atom stereocenters. The summed E-state index contributed by atoms with van der Waals surface area (Å²) < 4.78 is 5.89. The monoisotopic (exact) mass is 211 g/mol. The summed E-state index contributed by atoms with van der Waals surface area (Å²) in [7, 11) is 0. The van der Waals surface area contributed by atoms with E-state index in [4.69, 9.17) is 10.5 Å². The lowest BCUT2D eigenvalue weighted by atomic mass is 10.0. The molecular weight excluding hydrogens is 198 g/mol. The molecule has 0 bridgehead atoms. The van der Waals surface area contributed by atoms with Crippen LogP contribution in [0.4, 0.5) is 5.69 Å². The molecule has 2 heteroatoms. The normalized spacial score (nSPS) is 17.9. The van der Waals surface area contributed by atoms with Crippen LogP contribution in [-0.2, 0) is 6.42 Å². The number of nitrogen functional groups attached to an aromatic ring is 1. The second-order valence-electron chi connectivity index (χ2n) is 4.09. The first-order valence-corrected chi connectivity index (χ1v) is 5.43. The Bertz CT molecular complexity index is 507. The summed E-state index contributed by atoms with van der Waals surface area (Å²) >= 11 is 0. The van der Waals surface area contributed by atoms with Gasteiger partial charge in [-0.2, -0.15) is 0 Å². The Hall–Kier alpha value is -1.96. The zero-order chi connectivity index (χ0) is 11.0. The predicted octanol–water partition coefficient (Wildman–Crippen LogP) is 2.95. The maximum absolute atomic E-state index is 5.89. The molecule has 1 atom stereocenters. The number of benzene rings is 2. The summed E-state index contributed by atoms with van der Waals surface area (Å²) in [6, 6.07) is 16.2. The van der Waals surface area contributed by atoms with Crippen LogP contribution in [0.5, 0.6) is 5.75 Å². The van der Waals surface area contributed by atoms with Crippen molar-refractivity contribution < 1.29 is 4.74 Å². The number of hydrogen-bond acceptors (Lipinski definition) is 2. The predicted molar refractivity (Wildman–Crippen MR) is 64.4 cm³/mol. The summed E-state index contributed by atoms with van der Waals surface area (Å²) in [5.74, 6) is 0.925. The molecule has 3 rings (SSSR count). The highest BCUT2D eigenvalue weighted by atomic mass is 16.5. The van der Waals surface area contributed by atoms with Gasteiger partial charge in [0, 0.05) is 18.2 Å². The van der Waals surface area contributed by atoms with Gasteiger partial charge in [0.2, 0.25) is 0 Å². The number of ether oxygens (including phenoxy) is 1. The van der Waals surface area contributed by atoms with Gasteiger partial charge in [0.15, 0.2) is 0 Å². The van der Waals surface area contributed by atoms with Crippen LogP contribution in [0.3, 0.4) is 0 Å². The van der Waals surface area contributed by atoms with Gasteiger partial charge in [-0.3, -0.25) is 0 Å². The highest BCUT2D eigenvalue weighted by Gasteiger charge is 2.23. The fourth-order valence-corrected chi connectivity index (χ4v) is 2.10. The van der Waals surface area contributed by atoms with Crippen LogP contribution in [-0.4, -0.2) is 0 Å². The van der Waals surface area contributed by atoms with E-state index in [1.165, 1.54) is 11.1 Å². The smallest absolute Gasteiger partial charge is 0.128 e. The quantitative estimate of drug-likeness (QED) is 0.736. The Labute approximate surface area is 94.7 Å². The van der Waals surface area contributed by atoms with Crippen molar-refractivity contribution in [2.75, 3.05) is 5.73 Å². The van der Waals surface area contributed by atoms with Crippen molar-refractivity contribution in [3.8, 4) is 5.75 Å². The highest BCUT2D eigenvalue weighted by molar-refractivity contribution is 5.51. The standard InChI is InChI=1S/C14H13NO/c15-12-7-6-11-8-13(16-14(11)9-12)10-4-2-1-3-5-10/h1-7,9,13H,8,15H2. The van der Waals surface area contributed by atoms with E-state index in [1.807, 2.05) is 36.4 Å². The molecule has 16 heavy (non-hydrogen) atoms. The molecule has 1 heterocycles. The van der Waals surface area contributed by atoms with Crippen molar-refractivity contribution in [3.05, 3.63) is 59.7 Å². The van der Waals surface area contributed by atoms with E-state index in [9.17, 15) is 0 Å². The van der Waals surface area contributed by atoms with E-state index in [2.05, 4.69) is 12.1 Å². The first kappa shape index (κ1) is 9.28. The Kier molecular flexibility index (Phi) is 2.07. The zero-order valence-electron chi connectivity index (χ0n) is 8.89. The molecule has 2 aromatic carbocycles. The molecule has 0 radical (unpaired) electrons. The minimum Gasteiger partial charge on any atom is -0.485 e. The van der Waals surface area contributed by atoms with Gasteiger partial charge in [-0.25, -0.2) is 0 Å². The topological polar surface area (TPSA) is 35.2 Å². The minimum atomic E-state index is 0.137. The van der Waals surface area contributed by atoms with Gasteiger partial charge in [-0.1, -0.05) is 36.4 Å². The van der Waals surface area contributed by atoms with E-state index >= 15 is 0 Å². The first-order chi connectivity index (χ1) is 7.83. The van der Waals surface area contributed by atoms with Crippen molar-refractivity contribution in [2.45, 2.75) is 12.5 Å². The van der Waals surface area contributed by atoms with Crippen molar-refractivity contribution in [2.24, 2.45) is 0 Å². The Morgan fingerprint density at radius 3 is 2.69 bits per heavy atom. The third kappa shape index (κ3) is 1.52. The van der Waals surface area contributed by atoms with Crippen LogP contribution in [0, 0.1) is 0 Å². The highest BCUT2D eigenvalue weighted by Crippen LogP contribution is 2.37. The third-order valence-corrected chi connectivity index (χ3v) is 2.94. The van der Waals surface area contributed by atoms with Crippen LogP contribution >= 0.6 is 0 Å². The lowest BCUT2D eigenvalue weighted by Gasteiger charge is -2.10. The molecular formula is C14H13NO. The molecule has 0 spiro atoms. The van der Waals surface area contributed by atoms with Gasteiger partial charge < -0.3 is 10.5 Å². The lowest BCUT2D eigenvalue weighted by Crippen LogP contribution is -2.02. The molecule has 80 valence electrons. The van der Waals surface area contributed by atoms with Crippen LogP contribution in [0.25, 0.3) is 0 Å². The first-order valence-electron chi connectivity index (χ1n) is 5.43. The largest absolute Gasteiger partial charge is 0.485 e. The SMILES string of the molecule is Nc1ccc2c(c1)OC(c1ccccc1)C2. The molecule has 1 aliphatic rings. The van der Waals surface area contributed by atoms with Gasteiger partial charge in [0.25, 0.3) is 0 Å². The van der Waals surface area contributed by atoms with Crippen molar-refractivity contribution in [1.82, 2.24) is 0 Å². The molecule has 0 aliphatic carbocycles. The van der Waals surface area contributed by atoms with Crippen LogP contribution in [0.15, 0.2) is 48.5 Å². The summed E-state index contributed by atoms with van der Waals surface area (Å²) in [6.45, 7) is 0. The second kappa shape index (κ2) is 3.56. The number of rotatable bonds is 1. The zero-order valence-corrected chi connectivity index (χ0v) is 8.89. The van der Waals surface area contributed by atoms with Crippen molar-refractivity contribution >= 4 is 5.69 Å². The molecule has 2 nitrogen and oxygen atoms in total. The van der Waals surface area contributed by atoms with Crippen molar-refractivity contribution in [3.63, 3.8) is 0 Å². The summed E-state index contributed by atoms with van der Waals surface area (Å²) in [6.07, 6.45) is 1.07. The number of hydrogen-bond donors (Lipinski definition) is 1. The molecule has 0 amide bonds. The second-order valence-corrected chi connectivity index (χ2v) is 4.09. The van der Waals surface area contributed by atoms with Crippen molar-refractivity contribution in [1.29, 1.82) is 0 Å². The molecule has 2 aromatic rings. The van der Waals surface area contributed by atoms with E-state index in [1.54, 1.807) is 0 Å². The van der Waals surface area contributed by atoms with Gasteiger partial charge in [0.05, 0.1) is 0 Å². The van der Waals surface area contributed by atoms with E-state index in [-0.39, 0.29) is 6.10 Å². The van der Waals surface area contributed by atoms with Gasteiger partial charge in [-0.15, -0.1) is 0 Å². The fourth-order valence-electron chi connectivity index (χ4n) is 2.10. The van der Waals surface area contributed by atoms with Crippen LogP contribution in [0.2, 0.25) is 0 Å². The maximum atomic E-state index is 5.89. The fraction of sp³-hybridized carbons (Fsp3) is 0.143. The van der Waals surface area contributed by atoms with Gasteiger partial charge >= 0.3 is 0 Å². The summed E-state index contributed by atoms with van der Waals surface area (Å²) in [4.78, 5) is 0. The molecule has 0 saturated carbocycles. The minimum absolute atomic E-state index is 0.137. The maximum Gasteiger partial charge on any atom is 0.128 e. The van der Waals surface area contributed by atoms with E-state index in [0.29, 0.717) is 0 Å². The van der Waals surface area contributed by atoms with E-state index in [0.717, 1.165) is 17.9 Å². The molecule has 2 N–H and O–H groups in total. The summed E-state index contributed by atoms with van der Waals surface area (Å²) in [5, 5.41) is 0.